The standard InChI is InChI=1S/C6H6BrFN2O2S/c7-5-3-4(8)1-2-6(5)10-13(9,11)12/h1-3,10H,(H2,9,11,12). The van der Waals surface area contributed by atoms with E-state index in [-0.39, 0.29) is 5.69 Å². The van der Waals surface area contributed by atoms with E-state index in [1.165, 1.54) is 6.07 Å². The molecule has 0 aromatic heterocycles. The molecule has 13 heavy (non-hydrogen) atoms. The van der Waals surface area contributed by atoms with Gasteiger partial charge < -0.3 is 0 Å². The van der Waals surface area contributed by atoms with E-state index in [1.807, 2.05) is 4.72 Å². The topological polar surface area (TPSA) is 72.2 Å². The molecule has 0 heterocycles. The van der Waals surface area contributed by atoms with E-state index in [4.69, 9.17) is 5.14 Å². The smallest absolute Gasteiger partial charge is 0.270 e. The van der Waals surface area contributed by atoms with Crippen molar-refractivity contribution in [2.45, 2.75) is 0 Å². The van der Waals surface area contributed by atoms with Crippen molar-refractivity contribution in [1.29, 1.82) is 0 Å². The summed E-state index contributed by atoms with van der Waals surface area (Å²) in [4.78, 5) is 0. The highest BCUT2D eigenvalue weighted by atomic mass is 79.9. The second-order valence-corrected chi connectivity index (χ2v) is 4.42. The van der Waals surface area contributed by atoms with Crippen LogP contribution in [0.2, 0.25) is 0 Å². The van der Waals surface area contributed by atoms with Crippen LogP contribution in [0.15, 0.2) is 22.7 Å². The van der Waals surface area contributed by atoms with Gasteiger partial charge in [0.05, 0.1) is 5.69 Å². The molecular formula is C6H6BrFN2O2S. The molecule has 0 fully saturated rings. The zero-order valence-electron chi connectivity index (χ0n) is 6.29. The lowest BCUT2D eigenvalue weighted by molar-refractivity contribution is 0.602. The molecule has 1 rings (SSSR count). The van der Waals surface area contributed by atoms with Crippen molar-refractivity contribution in [2.24, 2.45) is 5.14 Å². The molecule has 0 unspecified atom stereocenters. The summed E-state index contributed by atoms with van der Waals surface area (Å²) in [5.41, 5.74) is 0.198. The minimum absolute atomic E-state index is 0.198. The van der Waals surface area contributed by atoms with Gasteiger partial charge in [0.25, 0.3) is 10.2 Å². The number of anilines is 1. The first kappa shape index (κ1) is 10.4. The van der Waals surface area contributed by atoms with Crippen LogP contribution in [0.1, 0.15) is 0 Å². The van der Waals surface area contributed by atoms with Crippen LogP contribution >= 0.6 is 15.9 Å². The number of nitrogens with one attached hydrogen (secondary N) is 1. The minimum Gasteiger partial charge on any atom is -0.270 e. The van der Waals surface area contributed by atoms with Gasteiger partial charge in [-0.3, -0.25) is 4.72 Å². The maximum Gasteiger partial charge on any atom is 0.296 e. The molecule has 1 aromatic rings. The molecular weight excluding hydrogens is 263 g/mol. The number of halogens is 2. The summed E-state index contributed by atoms with van der Waals surface area (Å²) in [6.45, 7) is 0. The van der Waals surface area contributed by atoms with Crippen molar-refractivity contribution in [2.75, 3.05) is 4.72 Å². The summed E-state index contributed by atoms with van der Waals surface area (Å²) in [5.74, 6) is -0.466. The number of hydrogen-bond acceptors (Lipinski definition) is 2. The Morgan fingerprint density at radius 3 is 2.54 bits per heavy atom. The third-order valence-corrected chi connectivity index (χ3v) is 2.34. The van der Waals surface area contributed by atoms with Gasteiger partial charge in [-0.15, -0.1) is 0 Å². The normalized spacial score (nSPS) is 11.3. The quantitative estimate of drug-likeness (QED) is 0.846. The van der Waals surface area contributed by atoms with Gasteiger partial charge >= 0.3 is 0 Å². The summed E-state index contributed by atoms with van der Waals surface area (Å²) in [6, 6.07) is 3.52. The van der Waals surface area contributed by atoms with Crippen LogP contribution in [0.25, 0.3) is 0 Å². The van der Waals surface area contributed by atoms with Gasteiger partial charge in [0.15, 0.2) is 0 Å². The first-order valence-corrected chi connectivity index (χ1v) is 5.48. The second-order valence-electron chi connectivity index (χ2n) is 2.27. The summed E-state index contributed by atoms with van der Waals surface area (Å²) >= 11 is 2.98. The predicted octanol–water partition coefficient (Wildman–Crippen LogP) is 1.20. The van der Waals surface area contributed by atoms with Crippen molar-refractivity contribution in [3.05, 3.63) is 28.5 Å². The van der Waals surface area contributed by atoms with E-state index >= 15 is 0 Å². The number of benzene rings is 1. The van der Waals surface area contributed by atoms with Crippen LogP contribution < -0.4 is 9.86 Å². The molecule has 0 aliphatic rings. The molecule has 0 aliphatic carbocycles. The van der Waals surface area contributed by atoms with Crippen molar-refractivity contribution in [1.82, 2.24) is 0 Å². The van der Waals surface area contributed by atoms with Crippen molar-refractivity contribution in [3.63, 3.8) is 0 Å². The monoisotopic (exact) mass is 268 g/mol. The SMILES string of the molecule is NS(=O)(=O)Nc1ccc(F)cc1Br. The van der Waals surface area contributed by atoms with Crippen LogP contribution in [-0.2, 0) is 10.2 Å². The minimum atomic E-state index is -3.81. The second kappa shape index (κ2) is 3.60. The molecule has 0 amide bonds. The molecule has 72 valence electrons. The molecule has 4 nitrogen and oxygen atoms in total. The number of nitrogens with two attached hydrogens (primary N) is 1. The highest BCUT2D eigenvalue weighted by Gasteiger charge is 2.06. The van der Waals surface area contributed by atoms with Gasteiger partial charge in [0, 0.05) is 4.47 Å². The van der Waals surface area contributed by atoms with Gasteiger partial charge in [-0.1, -0.05) is 0 Å². The van der Waals surface area contributed by atoms with E-state index in [0.29, 0.717) is 4.47 Å². The molecule has 0 saturated carbocycles. The average molecular weight is 269 g/mol. The number of hydrogen-bond donors (Lipinski definition) is 2. The molecule has 0 radical (unpaired) electrons. The van der Waals surface area contributed by atoms with Gasteiger partial charge in [0.1, 0.15) is 5.82 Å². The molecule has 0 atom stereocenters. The van der Waals surface area contributed by atoms with Gasteiger partial charge in [-0.25, -0.2) is 9.53 Å². The molecule has 0 aliphatic heterocycles. The average Bonchev–Trinajstić information content (AvgIpc) is 1.93. The maximum absolute atomic E-state index is 12.5. The Hall–Kier alpha value is -0.660. The fourth-order valence-electron chi connectivity index (χ4n) is 0.726. The van der Waals surface area contributed by atoms with Crippen molar-refractivity contribution in [3.8, 4) is 0 Å². The van der Waals surface area contributed by atoms with Crippen LogP contribution in [-0.4, -0.2) is 8.42 Å². The largest absolute Gasteiger partial charge is 0.296 e. The molecule has 0 bridgehead atoms. The molecule has 0 spiro atoms. The summed E-state index contributed by atoms with van der Waals surface area (Å²) in [7, 11) is -3.81. The first-order valence-electron chi connectivity index (χ1n) is 3.14. The fourth-order valence-corrected chi connectivity index (χ4v) is 1.79. The van der Waals surface area contributed by atoms with Crippen molar-refractivity contribution >= 4 is 31.8 Å². The van der Waals surface area contributed by atoms with Crippen LogP contribution in [0.4, 0.5) is 10.1 Å². The van der Waals surface area contributed by atoms with Crippen LogP contribution in [0.3, 0.4) is 0 Å². The summed E-state index contributed by atoms with van der Waals surface area (Å²) < 4.78 is 36.0. The van der Waals surface area contributed by atoms with E-state index in [1.54, 1.807) is 0 Å². The first-order chi connectivity index (χ1) is 5.88. The lowest BCUT2D eigenvalue weighted by Gasteiger charge is -2.05. The Morgan fingerprint density at radius 2 is 2.08 bits per heavy atom. The van der Waals surface area contributed by atoms with E-state index in [0.717, 1.165) is 12.1 Å². The third kappa shape index (κ3) is 3.29. The number of rotatable bonds is 2. The van der Waals surface area contributed by atoms with Crippen LogP contribution in [0, 0.1) is 5.82 Å². The molecule has 3 N–H and O–H groups in total. The zero-order valence-corrected chi connectivity index (χ0v) is 8.69. The summed E-state index contributed by atoms with van der Waals surface area (Å²) in [6.07, 6.45) is 0. The molecule has 7 heteroatoms. The Kier molecular flexibility index (Phi) is 2.89. The Labute approximate surface area is 83.3 Å². The van der Waals surface area contributed by atoms with Gasteiger partial charge in [0.2, 0.25) is 0 Å². The van der Waals surface area contributed by atoms with E-state index in [9.17, 15) is 12.8 Å². The highest BCUT2D eigenvalue weighted by molar-refractivity contribution is 9.10. The maximum atomic E-state index is 12.5. The Bertz CT molecular complexity index is 421. The lowest BCUT2D eigenvalue weighted by Crippen LogP contribution is -2.21. The molecule has 1 aromatic carbocycles. The molecule has 0 saturated heterocycles. The van der Waals surface area contributed by atoms with Gasteiger partial charge in [-0.2, -0.15) is 8.42 Å². The van der Waals surface area contributed by atoms with Gasteiger partial charge in [-0.05, 0) is 34.1 Å². The van der Waals surface area contributed by atoms with Crippen LogP contribution in [0.5, 0.6) is 0 Å². The Balaban J connectivity index is 3.04. The predicted molar refractivity (Wildman–Crippen MR) is 50.8 cm³/mol. The highest BCUT2D eigenvalue weighted by Crippen LogP contribution is 2.23. The van der Waals surface area contributed by atoms with Crippen molar-refractivity contribution < 1.29 is 12.8 Å². The summed E-state index contributed by atoms with van der Waals surface area (Å²) in [5, 5.41) is 4.72. The third-order valence-electron chi connectivity index (χ3n) is 1.18. The zero-order chi connectivity index (χ0) is 10.1. The van der Waals surface area contributed by atoms with E-state index in [2.05, 4.69) is 15.9 Å². The fraction of sp³-hybridized carbons (Fsp3) is 0. The van der Waals surface area contributed by atoms with E-state index < -0.39 is 16.0 Å². The Morgan fingerprint density at radius 1 is 1.46 bits per heavy atom. The lowest BCUT2D eigenvalue weighted by atomic mass is 10.3.